The molecule has 2 aliphatic rings. The second-order valence-electron chi connectivity index (χ2n) is 5.05. The van der Waals surface area contributed by atoms with Gasteiger partial charge in [-0.05, 0) is 24.3 Å². The summed E-state index contributed by atoms with van der Waals surface area (Å²) in [7, 11) is 0. The molecule has 4 nitrogen and oxygen atoms in total. The van der Waals surface area contributed by atoms with Crippen LogP contribution in [0.1, 0.15) is 24.6 Å². The molecule has 1 N–H and O–H groups in total. The van der Waals surface area contributed by atoms with Crippen LogP contribution < -0.4 is 10.2 Å². The zero-order valence-corrected chi connectivity index (χ0v) is 11.0. The van der Waals surface area contributed by atoms with Gasteiger partial charge in [-0.15, -0.1) is 11.3 Å². The summed E-state index contributed by atoms with van der Waals surface area (Å²) in [5.41, 5.74) is 1.13. The zero-order chi connectivity index (χ0) is 11.9. The van der Waals surface area contributed by atoms with Crippen molar-refractivity contribution >= 4 is 27.4 Å². The fourth-order valence-corrected chi connectivity index (χ4v) is 3.33. The molecular weight excluding hydrogens is 244 g/mol. The van der Waals surface area contributed by atoms with Gasteiger partial charge in [-0.25, -0.2) is 9.97 Å². The molecule has 0 radical (unpaired) electrons. The lowest BCUT2D eigenvalue weighted by Gasteiger charge is -2.28. The quantitative estimate of drug-likeness (QED) is 0.896. The van der Waals surface area contributed by atoms with Gasteiger partial charge in [-0.2, -0.15) is 0 Å². The van der Waals surface area contributed by atoms with E-state index in [2.05, 4.69) is 21.7 Å². The topological polar surface area (TPSA) is 41.1 Å². The molecule has 94 valence electrons. The molecule has 0 bridgehead atoms. The number of nitrogens with zero attached hydrogens (tertiary/aromatic N) is 3. The molecule has 1 saturated heterocycles. The number of piperazine rings is 1. The van der Waals surface area contributed by atoms with E-state index in [1.54, 1.807) is 11.3 Å². The van der Waals surface area contributed by atoms with Crippen LogP contribution in [0.25, 0.3) is 10.2 Å². The second-order valence-corrected chi connectivity index (χ2v) is 5.97. The molecule has 1 saturated carbocycles. The van der Waals surface area contributed by atoms with Crippen molar-refractivity contribution in [2.24, 2.45) is 0 Å². The van der Waals surface area contributed by atoms with Crippen LogP contribution in [0, 0.1) is 0 Å². The molecule has 0 atom stereocenters. The number of rotatable bonds is 2. The molecular formula is C13H16N4S. The molecule has 1 aliphatic carbocycles. The van der Waals surface area contributed by atoms with Crippen molar-refractivity contribution in [2.45, 2.75) is 18.8 Å². The Morgan fingerprint density at radius 2 is 2.06 bits per heavy atom. The van der Waals surface area contributed by atoms with Gasteiger partial charge < -0.3 is 10.2 Å². The predicted molar refractivity (Wildman–Crippen MR) is 74.5 cm³/mol. The zero-order valence-electron chi connectivity index (χ0n) is 10.2. The van der Waals surface area contributed by atoms with Crippen LogP contribution in [-0.2, 0) is 0 Å². The van der Waals surface area contributed by atoms with Gasteiger partial charge in [0, 0.05) is 32.1 Å². The Morgan fingerprint density at radius 3 is 2.83 bits per heavy atom. The van der Waals surface area contributed by atoms with Crippen LogP contribution in [-0.4, -0.2) is 36.1 Å². The third-order valence-electron chi connectivity index (χ3n) is 3.66. The molecule has 0 amide bonds. The van der Waals surface area contributed by atoms with Gasteiger partial charge in [0.15, 0.2) is 0 Å². The van der Waals surface area contributed by atoms with Gasteiger partial charge >= 0.3 is 0 Å². The van der Waals surface area contributed by atoms with E-state index >= 15 is 0 Å². The Bertz CT molecular complexity index is 569. The summed E-state index contributed by atoms with van der Waals surface area (Å²) in [5, 5.41) is 5.52. The maximum Gasteiger partial charge on any atom is 0.150 e. The first-order valence-electron chi connectivity index (χ1n) is 6.62. The van der Waals surface area contributed by atoms with Crippen molar-refractivity contribution in [1.82, 2.24) is 15.3 Å². The highest BCUT2D eigenvalue weighted by Crippen LogP contribution is 2.40. The first-order chi connectivity index (χ1) is 8.92. The summed E-state index contributed by atoms with van der Waals surface area (Å²) < 4.78 is 1.25. The maximum atomic E-state index is 4.86. The minimum Gasteiger partial charge on any atom is -0.353 e. The van der Waals surface area contributed by atoms with Crippen molar-refractivity contribution in [3.8, 4) is 0 Å². The number of aromatic nitrogens is 2. The second kappa shape index (κ2) is 4.17. The third kappa shape index (κ3) is 1.78. The first kappa shape index (κ1) is 10.7. The van der Waals surface area contributed by atoms with Crippen LogP contribution in [0.5, 0.6) is 0 Å². The molecule has 2 fully saturated rings. The predicted octanol–water partition coefficient (Wildman–Crippen LogP) is 1.98. The highest BCUT2D eigenvalue weighted by atomic mass is 32.1. The summed E-state index contributed by atoms with van der Waals surface area (Å²) in [6.45, 7) is 4.20. The molecule has 18 heavy (non-hydrogen) atoms. The molecule has 0 unspecified atom stereocenters. The molecule has 1 aliphatic heterocycles. The fourth-order valence-electron chi connectivity index (χ4n) is 2.48. The van der Waals surface area contributed by atoms with Gasteiger partial charge in [0.1, 0.15) is 11.6 Å². The van der Waals surface area contributed by atoms with Gasteiger partial charge in [0.05, 0.1) is 10.2 Å². The van der Waals surface area contributed by atoms with E-state index in [9.17, 15) is 0 Å². The van der Waals surface area contributed by atoms with Crippen LogP contribution in [0.2, 0.25) is 0 Å². The van der Waals surface area contributed by atoms with Crippen molar-refractivity contribution in [2.75, 3.05) is 31.1 Å². The number of nitrogens with one attached hydrogen (secondary N) is 1. The van der Waals surface area contributed by atoms with Gasteiger partial charge in [-0.1, -0.05) is 0 Å². The van der Waals surface area contributed by atoms with Crippen molar-refractivity contribution < 1.29 is 0 Å². The Morgan fingerprint density at radius 1 is 1.22 bits per heavy atom. The Hall–Kier alpha value is -1.20. The van der Waals surface area contributed by atoms with Crippen molar-refractivity contribution in [3.05, 3.63) is 17.3 Å². The monoisotopic (exact) mass is 260 g/mol. The Balaban J connectivity index is 1.82. The Labute approximate surface area is 110 Å². The normalized spacial score (nSPS) is 20.6. The lowest BCUT2D eigenvalue weighted by molar-refractivity contribution is 0.585. The van der Waals surface area contributed by atoms with Crippen LogP contribution in [0.4, 0.5) is 5.82 Å². The van der Waals surface area contributed by atoms with Crippen molar-refractivity contribution in [3.63, 3.8) is 0 Å². The van der Waals surface area contributed by atoms with Crippen LogP contribution >= 0.6 is 11.3 Å². The number of fused-ring (bicyclic) bond motifs is 1. The van der Waals surface area contributed by atoms with E-state index in [0.717, 1.165) is 37.5 Å². The number of anilines is 1. The van der Waals surface area contributed by atoms with E-state index in [1.807, 2.05) is 0 Å². The minimum absolute atomic E-state index is 0.621. The SMILES string of the molecule is c1cc2nc(C3CC3)nc(N3CCNCC3)c2s1. The Kier molecular flexibility index (Phi) is 2.48. The standard InChI is InChI=1S/C13H16N4S/c1-2-9(1)12-15-10-3-8-18-11(10)13(16-12)17-6-4-14-5-7-17/h3,8-9,14H,1-2,4-7H2. The smallest absolute Gasteiger partial charge is 0.150 e. The largest absolute Gasteiger partial charge is 0.353 e. The third-order valence-corrected chi connectivity index (χ3v) is 4.56. The molecule has 0 aromatic carbocycles. The highest BCUT2D eigenvalue weighted by Gasteiger charge is 2.28. The van der Waals surface area contributed by atoms with Gasteiger partial charge in [0.2, 0.25) is 0 Å². The lowest BCUT2D eigenvalue weighted by atomic mass is 10.3. The van der Waals surface area contributed by atoms with E-state index < -0.39 is 0 Å². The number of hydrogen-bond acceptors (Lipinski definition) is 5. The first-order valence-corrected chi connectivity index (χ1v) is 7.50. The lowest BCUT2D eigenvalue weighted by Crippen LogP contribution is -2.44. The molecule has 2 aromatic rings. The average Bonchev–Trinajstić information content (AvgIpc) is 3.17. The molecule has 4 rings (SSSR count). The minimum atomic E-state index is 0.621. The maximum absolute atomic E-state index is 4.86. The average molecular weight is 260 g/mol. The summed E-state index contributed by atoms with van der Waals surface area (Å²) in [6.07, 6.45) is 2.52. The van der Waals surface area contributed by atoms with Crippen LogP contribution in [0.15, 0.2) is 11.4 Å². The molecule has 5 heteroatoms. The number of hydrogen-bond donors (Lipinski definition) is 1. The van der Waals surface area contributed by atoms with E-state index in [1.165, 1.54) is 23.4 Å². The summed E-state index contributed by atoms with van der Waals surface area (Å²) in [6, 6.07) is 2.12. The molecule has 0 spiro atoms. The molecule has 3 heterocycles. The fraction of sp³-hybridized carbons (Fsp3) is 0.538. The summed E-state index contributed by atoms with van der Waals surface area (Å²) in [5.74, 6) is 2.85. The highest BCUT2D eigenvalue weighted by molar-refractivity contribution is 7.17. The summed E-state index contributed by atoms with van der Waals surface area (Å²) in [4.78, 5) is 12.0. The van der Waals surface area contributed by atoms with Crippen molar-refractivity contribution in [1.29, 1.82) is 0 Å². The van der Waals surface area contributed by atoms with E-state index in [-0.39, 0.29) is 0 Å². The van der Waals surface area contributed by atoms with E-state index in [0.29, 0.717) is 5.92 Å². The van der Waals surface area contributed by atoms with Gasteiger partial charge in [0.25, 0.3) is 0 Å². The number of thiophene rings is 1. The van der Waals surface area contributed by atoms with Gasteiger partial charge in [-0.3, -0.25) is 0 Å². The van der Waals surface area contributed by atoms with Crippen LogP contribution in [0.3, 0.4) is 0 Å². The van der Waals surface area contributed by atoms with E-state index in [4.69, 9.17) is 9.97 Å². The summed E-state index contributed by atoms with van der Waals surface area (Å²) >= 11 is 1.76. The molecule has 2 aromatic heterocycles.